The molecule has 0 aromatic rings. The van der Waals surface area contributed by atoms with Gasteiger partial charge in [-0.3, -0.25) is 0 Å². The zero-order valence-corrected chi connectivity index (χ0v) is 10.3. The van der Waals surface area contributed by atoms with Gasteiger partial charge in [0.15, 0.2) is 0 Å². The Balaban J connectivity index is -0.0000000150. The number of hydrogen-bond acceptors (Lipinski definition) is 1. The largest absolute Gasteiger partial charge is 0.503 e. The van der Waals surface area contributed by atoms with Crippen LogP contribution >= 0.6 is 0 Å². The molecule has 0 aromatic heterocycles. The normalized spacial score (nSPS) is 3.43. The van der Waals surface area contributed by atoms with Crippen molar-refractivity contribution >= 4 is 6.16 Å². The van der Waals surface area contributed by atoms with Gasteiger partial charge in [0.05, 0.1) is 0 Å². The number of carboxylic acid groups (broad SMARTS) is 2. The van der Waals surface area contributed by atoms with Crippen LogP contribution in [0.4, 0.5) is 4.79 Å². The van der Waals surface area contributed by atoms with Gasteiger partial charge in [-0.1, -0.05) is 0 Å². The van der Waals surface area contributed by atoms with E-state index in [4.69, 9.17) is 15.0 Å². The third-order valence-corrected chi connectivity index (χ3v) is 0. The molecule has 7 heavy (non-hydrogen) atoms. The molecule has 0 saturated heterocycles. The van der Waals surface area contributed by atoms with Gasteiger partial charge in [-0.15, -0.1) is 0 Å². The molecule has 1 radical (unpaired) electrons. The summed E-state index contributed by atoms with van der Waals surface area (Å²) in [5.41, 5.74) is 0. The monoisotopic (exact) mass is 525 g/mol. The van der Waals surface area contributed by atoms with E-state index in [1.54, 1.807) is 0 Å². The second kappa shape index (κ2) is 16.3. The number of rotatable bonds is 0. The van der Waals surface area contributed by atoms with Crippen LogP contribution < -0.4 is 0 Å². The van der Waals surface area contributed by atoms with Crippen LogP contribution in [0.15, 0.2) is 0 Å². The predicted molar refractivity (Wildman–Crippen MR) is 10.7 cm³/mol. The van der Waals surface area contributed by atoms with Gasteiger partial charge in [0, 0.05) is 130 Å². The van der Waals surface area contributed by atoms with Crippen LogP contribution in [0.5, 0.6) is 0 Å². The average molecular weight is 522 g/mol. The van der Waals surface area contributed by atoms with Gasteiger partial charge < -0.3 is 10.2 Å². The van der Waals surface area contributed by atoms with Crippen LogP contribution in [0, 0.1) is 130 Å². The van der Waals surface area contributed by atoms with Crippen LogP contribution in [0.2, 0.25) is 0 Å². The maximum atomic E-state index is 8.56. The quantitative estimate of drug-likeness (QED) is 0.480. The molecule has 0 unspecified atom stereocenters. The molecule has 0 aliphatic rings. The summed E-state index contributed by atoms with van der Waals surface area (Å²) in [6.07, 6.45) is -1.83. The molecule has 0 aliphatic carbocycles. The van der Waals surface area contributed by atoms with E-state index in [1.165, 1.54) is 0 Å². The first-order chi connectivity index (χ1) is 1.73. The van der Waals surface area contributed by atoms with Crippen LogP contribution in [0.1, 0.15) is 0 Å². The third-order valence-electron chi connectivity index (χ3n) is 0. The Morgan fingerprint density at radius 3 is 1.29 bits per heavy atom. The van der Waals surface area contributed by atoms with Crippen molar-refractivity contribution in [3.63, 3.8) is 0 Å². The molecule has 0 atom stereocenters. The van der Waals surface area contributed by atoms with Crippen LogP contribution in [-0.4, -0.2) is 16.4 Å². The van der Waals surface area contributed by atoms with Crippen molar-refractivity contribution in [1.29, 1.82) is 0 Å². The summed E-state index contributed by atoms with van der Waals surface area (Å²) in [5, 5.41) is 13.9. The summed E-state index contributed by atoms with van der Waals surface area (Å²) < 4.78 is 0. The van der Waals surface area contributed by atoms with Crippen molar-refractivity contribution in [2.75, 3.05) is 0 Å². The molecule has 0 saturated carbocycles. The molecule has 0 aromatic carbocycles. The summed E-state index contributed by atoms with van der Waals surface area (Å²) in [6.45, 7) is 0. The average Bonchev–Trinajstić information content (AvgIpc) is 0.811. The zero-order valence-electron chi connectivity index (χ0n) is 2.94. The van der Waals surface area contributed by atoms with Crippen LogP contribution in [0.25, 0.3) is 0 Å². The fourth-order valence-electron chi connectivity index (χ4n) is 0. The number of carbonyl (C=O) groups is 1. The fourth-order valence-corrected chi connectivity index (χ4v) is 0. The van der Waals surface area contributed by atoms with E-state index in [2.05, 4.69) is 0 Å². The molecule has 0 fully saturated rings. The van der Waals surface area contributed by atoms with Crippen molar-refractivity contribution in [3.05, 3.63) is 0 Å². The fraction of sp³-hybridized carbons (Fsp3) is 0. The summed E-state index contributed by atoms with van der Waals surface area (Å²) >= 11 is 0. The van der Waals surface area contributed by atoms with Crippen molar-refractivity contribution < 1.29 is 145 Å². The topological polar surface area (TPSA) is 57.5 Å². The van der Waals surface area contributed by atoms with Gasteiger partial charge in [-0.25, -0.2) is 4.79 Å². The van der Waals surface area contributed by atoms with E-state index >= 15 is 0 Å². The van der Waals surface area contributed by atoms with E-state index in [9.17, 15) is 0 Å². The van der Waals surface area contributed by atoms with Gasteiger partial charge in [0.2, 0.25) is 0 Å². The van der Waals surface area contributed by atoms with Crippen LogP contribution in [0.3, 0.4) is 0 Å². The standard InChI is InChI=1S/CH2O3.Eu.Gd.Sm/c2-1(3)4;;;/h(H2,2,3,4);;;. The molecule has 0 spiro atoms. The minimum atomic E-state index is -1.83. The smallest absolute Gasteiger partial charge is 0.450 e. The first-order valence-electron chi connectivity index (χ1n) is 0.651. The Morgan fingerprint density at radius 2 is 1.29 bits per heavy atom. The molecule has 0 bridgehead atoms. The third kappa shape index (κ3) is 43.5. The Morgan fingerprint density at radius 1 is 1.29 bits per heavy atom. The van der Waals surface area contributed by atoms with Gasteiger partial charge in [0.1, 0.15) is 0 Å². The molecule has 2 N–H and O–H groups in total. The Bertz CT molecular complexity index is 37.9. The van der Waals surface area contributed by atoms with Gasteiger partial charge in [0.25, 0.3) is 0 Å². The first kappa shape index (κ1) is 22.4. The summed E-state index contributed by atoms with van der Waals surface area (Å²) in [6, 6.07) is 0. The number of hydrogen-bond donors (Lipinski definition) is 2. The summed E-state index contributed by atoms with van der Waals surface area (Å²) in [7, 11) is 0. The van der Waals surface area contributed by atoms with E-state index in [0.717, 1.165) is 0 Å². The van der Waals surface area contributed by atoms with Gasteiger partial charge >= 0.3 is 6.16 Å². The molecular formula is CH2EuGdO3Sm. The molecule has 0 rings (SSSR count). The molecular weight excluding hydrogens is 520 g/mol. The van der Waals surface area contributed by atoms with Crippen molar-refractivity contribution in [3.8, 4) is 0 Å². The minimum absolute atomic E-state index is 0. The first-order valence-corrected chi connectivity index (χ1v) is 0.651. The summed E-state index contributed by atoms with van der Waals surface area (Å²) in [5.74, 6) is 0. The second-order valence-corrected chi connectivity index (χ2v) is 0.283. The van der Waals surface area contributed by atoms with E-state index in [0.29, 0.717) is 0 Å². The van der Waals surface area contributed by atoms with Crippen molar-refractivity contribution in [2.45, 2.75) is 0 Å². The SMILES string of the molecule is O=C(O)O.[Eu].[Gd].[Sm]. The maximum Gasteiger partial charge on any atom is 0.503 e. The van der Waals surface area contributed by atoms with Crippen molar-refractivity contribution in [1.82, 2.24) is 0 Å². The van der Waals surface area contributed by atoms with E-state index in [-0.39, 0.29) is 130 Å². The van der Waals surface area contributed by atoms with Crippen LogP contribution in [-0.2, 0) is 0 Å². The molecule has 3 nitrogen and oxygen atoms in total. The van der Waals surface area contributed by atoms with Gasteiger partial charge in [-0.2, -0.15) is 0 Å². The van der Waals surface area contributed by atoms with E-state index < -0.39 is 6.16 Å². The predicted octanol–water partition coefficient (Wildman–Crippen LogP) is 0.222. The molecule has 45 valence electrons. The van der Waals surface area contributed by atoms with Gasteiger partial charge in [-0.05, 0) is 0 Å². The molecule has 0 amide bonds. The Kier molecular flexibility index (Phi) is 52.1. The Labute approximate surface area is 146 Å². The molecule has 0 aliphatic heterocycles. The summed E-state index contributed by atoms with van der Waals surface area (Å²) in [4.78, 5) is 8.56. The zero-order chi connectivity index (χ0) is 3.58. The second-order valence-electron chi connectivity index (χ2n) is 0.283. The van der Waals surface area contributed by atoms with Crippen molar-refractivity contribution in [2.24, 2.45) is 0 Å². The van der Waals surface area contributed by atoms with E-state index in [1.807, 2.05) is 0 Å². The molecule has 6 heteroatoms. The maximum absolute atomic E-state index is 8.56. The minimum Gasteiger partial charge on any atom is -0.450 e. The Hall–Kier alpha value is 3.52. The molecule has 0 heterocycles.